The number of rotatable bonds is 12. The van der Waals surface area contributed by atoms with E-state index in [2.05, 4.69) is 11.7 Å². The van der Waals surface area contributed by atoms with Gasteiger partial charge < -0.3 is 9.47 Å². The Balaban J connectivity index is 3.45. The third-order valence-corrected chi connectivity index (χ3v) is 2.75. The highest BCUT2D eigenvalue weighted by Gasteiger charge is 2.39. The Labute approximate surface area is 114 Å². The van der Waals surface area contributed by atoms with Crippen molar-refractivity contribution in [2.24, 2.45) is 0 Å². The van der Waals surface area contributed by atoms with Gasteiger partial charge in [0.1, 0.15) is 0 Å². The van der Waals surface area contributed by atoms with Crippen LogP contribution < -0.4 is 0 Å². The van der Waals surface area contributed by atoms with Crippen LogP contribution in [0.15, 0.2) is 0 Å². The van der Waals surface area contributed by atoms with Gasteiger partial charge in [-0.05, 0) is 19.8 Å². The number of unbranched alkanes of at least 4 members (excludes halogenated alkanes) is 4. The van der Waals surface area contributed by atoms with E-state index in [-0.39, 0.29) is 19.6 Å². The molecule has 0 N–H and O–H groups in total. The predicted octanol–water partition coefficient (Wildman–Crippen LogP) is 3.95. The second-order valence-electron chi connectivity index (χ2n) is 4.56. The molecule has 0 aliphatic carbocycles. The molecule has 0 aliphatic heterocycles. The zero-order valence-corrected chi connectivity index (χ0v) is 12.1. The van der Waals surface area contributed by atoms with Crippen molar-refractivity contribution in [2.75, 3.05) is 19.8 Å². The van der Waals surface area contributed by atoms with Crippen molar-refractivity contribution < 1.29 is 23.0 Å². The van der Waals surface area contributed by atoms with Gasteiger partial charge in [-0.3, -0.25) is 0 Å². The maximum absolute atomic E-state index is 13.2. The first kappa shape index (κ1) is 18.3. The standard InChI is InChI=1S/C14H26F2O3/c1-3-5-6-7-8-11-18-12-9-10-14(15,16)13(17)19-4-2/h3-12H2,1-2H3. The van der Waals surface area contributed by atoms with E-state index in [0.717, 1.165) is 12.8 Å². The highest BCUT2D eigenvalue weighted by Crippen LogP contribution is 2.22. The summed E-state index contributed by atoms with van der Waals surface area (Å²) in [4.78, 5) is 10.9. The highest BCUT2D eigenvalue weighted by atomic mass is 19.3. The fraction of sp³-hybridized carbons (Fsp3) is 0.929. The molecule has 0 bridgehead atoms. The molecule has 0 saturated carbocycles. The summed E-state index contributed by atoms with van der Waals surface area (Å²) in [6.07, 6.45) is 5.36. The van der Waals surface area contributed by atoms with Gasteiger partial charge in [-0.1, -0.05) is 32.6 Å². The minimum atomic E-state index is -3.39. The first-order valence-electron chi connectivity index (χ1n) is 7.17. The van der Waals surface area contributed by atoms with E-state index in [0.29, 0.717) is 6.61 Å². The van der Waals surface area contributed by atoms with Crippen molar-refractivity contribution in [1.82, 2.24) is 0 Å². The second-order valence-corrected chi connectivity index (χ2v) is 4.56. The van der Waals surface area contributed by atoms with E-state index in [1.165, 1.54) is 26.2 Å². The molecule has 3 nitrogen and oxygen atoms in total. The fourth-order valence-corrected chi connectivity index (χ4v) is 1.64. The molecule has 5 heteroatoms. The lowest BCUT2D eigenvalue weighted by Gasteiger charge is -2.14. The van der Waals surface area contributed by atoms with Crippen LogP contribution in [0.5, 0.6) is 0 Å². The smallest absolute Gasteiger partial charge is 0.376 e. The van der Waals surface area contributed by atoms with E-state index < -0.39 is 18.3 Å². The molecule has 0 unspecified atom stereocenters. The first-order valence-corrected chi connectivity index (χ1v) is 7.17. The summed E-state index contributed by atoms with van der Waals surface area (Å²) in [5, 5.41) is 0. The molecule has 114 valence electrons. The third kappa shape index (κ3) is 9.82. The second kappa shape index (κ2) is 11.1. The molecule has 0 fully saturated rings. The number of ether oxygens (including phenoxy) is 2. The normalized spacial score (nSPS) is 11.6. The van der Waals surface area contributed by atoms with E-state index in [4.69, 9.17) is 4.74 Å². The number of esters is 1. The van der Waals surface area contributed by atoms with Gasteiger partial charge in [0.15, 0.2) is 0 Å². The van der Waals surface area contributed by atoms with Gasteiger partial charge in [-0.2, -0.15) is 8.78 Å². The van der Waals surface area contributed by atoms with E-state index in [1.54, 1.807) is 0 Å². The van der Waals surface area contributed by atoms with Gasteiger partial charge in [0, 0.05) is 19.6 Å². The molecular weight excluding hydrogens is 254 g/mol. The van der Waals surface area contributed by atoms with Gasteiger partial charge in [0.25, 0.3) is 0 Å². The van der Waals surface area contributed by atoms with Crippen molar-refractivity contribution in [1.29, 1.82) is 0 Å². The number of hydrogen-bond donors (Lipinski definition) is 0. The molecule has 0 amide bonds. The van der Waals surface area contributed by atoms with Gasteiger partial charge in [-0.25, -0.2) is 4.79 Å². The summed E-state index contributed by atoms with van der Waals surface area (Å²) in [6, 6.07) is 0. The van der Waals surface area contributed by atoms with Crippen LogP contribution in [-0.2, 0) is 14.3 Å². The molecule has 0 atom stereocenters. The minimum absolute atomic E-state index is 0.0251. The summed E-state index contributed by atoms with van der Waals surface area (Å²) in [6.45, 7) is 4.51. The Morgan fingerprint density at radius 3 is 2.26 bits per heavy atom. The number of alkyl halides is 2. The van der Waals surface area contributed by atoms with Crippen LogP contribution in [-0.4, -0.2) is 31.7 Å². The largest absolute Gasteiger partial charge is 0.462 e. The molecule has 0 heterocycles. The number of carbonyl (C=O) groups excluding carboxylic acids is 1. The average Bonchev–Trinajstić information content (AvgIpc) is 2.37. The summed E-state index contributed by atoms with van der Waals surface area (Å²) in [7, 11) is 0. The van der Waals surface area contributed by atoms with Crippen LogP contribution >= 0.6 is 0 Å². The Hall–Kier alpha value is -0.710. The van der Waals surface area contributed by atoms with Crippen molar-refractivity contribution in [3.05, 3.63) is 0 Å². The summed E-state index contributed by atoms with van der Waals surface area (Å²) < 4.78 is 36.0. The molecule has 0 aromatic rings. The van der Waals surface area contributed by atoms with Crippen LogP contribution in [0.4, 0.5) is 8.78 Å². The maximum atomic E-state index is 13.2. The maximum Gasteiger partial charge on any atom is 0.376 e. The molecule has 0 spiro atoms. The van der Waals surface area contributed by atoms with Crippen molar-refractivity contribution in [2.45, 2.75) is 64.7 Å². The number of carbonyl (C=O) groups is 1. The number of hydrogen-bond acceptors (Lipinski definition) is 3. The quantitative estimate of drug-likeness (QED) is 0.401. The lowest BCUT2D eigenvalue weighted by molar-refractivity contribution is -0.172. The highest BCUT2D eigenvalue weighted by molar-refractivity contribution is 5.77. The van der Waals surface area contributed by atoms with Crippen LogP contribution in [0.1, 0.15) is 58.8 Å². The Kier molecular flexibility index (Phi) is 10.7. The van der Waals surface area contributed by atoms with Gasteiger partial charge in [0.2, 0.25) is 0 Å². The monoisotopic (exact) mass is 280 g/mol. The van der Waals surface area contributed by atoms with Crippen molar-refractivity contribution in [3.8, 4) is 0 Å². The van der Waals surface area contributed by atoms with Crippen LogP contribution in [0.3, 0.4) is 0 Å². The van der Waals surface area contributed by atoms with E-state index in [9.17, 15) is 13.6 Å². The van der Waals surface area contributed by atoms with Crippen molar-refractivity contribution >= 4 is 5.97 Å². The molecule has 0 aliphatic rings. The Bertz CT molecular complexity index is 233. The lowest BCUT2D eigenvalue weighted by atomic mass is 10.2. The minimum Gasteiger partial charge on any atom is -0.462 e. The summed E-state index contributed by atoms with van der Waals surface area (Å²) in [5.74, 6) is -4.82. The predicted molar refractivity (Wildman–Crippen MR) is 70.4 cm³/mol. The third-order valence-electron chi connectivity index (χ3n) is 2.75. The van der Waals surface area contributed by atoms with Crippen LogP contribution in [0, 0.1) is 0 Å². The molecular formula is C14H26F2O3. The van der Waals surface area contributed by atoms with E-state index >= 15 is 0 Å². The first-order chi connectivity index (χ1) is 9.04. The zero-order valence-electron chi connectivity index (χ0n) is 12.1. The van der Waals surface area contributed by atoms with E-state index in [1.807, 2.05) is 0 Å². The summed E-state index contributed by atoms with van der Waals surface area (Å²) in [5.41, 5.74) is 0. The Morgan fingerprint density at radius 2 is 1.63 bits per heavy atom. The van der Waals surface area contributed by atoms with Gasteiger partial charge >= 0.3 is 11.9 Å². The van der Waals surface area contributed by atoms with Crippen LogP contribution in [0.25, 0.3) is 0 Å². The Morgan fingerprint density at radius 1 is 1.00 bits per heavy atom. The molecule has 0 aromatic heterocycles. The number of halogens is 2. The fourth-order valence-electron chi connectivity index (χ4n) is 1.64. The molecule has 0 rings (SSSR count). The topological polar surface area (TPSA) is 35.5 Å². The molecule has 0 aromatic carbocycles. The van der Waals surface area contributed by atoms with Gasteiger partial charge in [0.05, 0.1) is 6.61 Å². The molecule has 0 saturated heterocycles. The van der Waals surface area contributed by atoms with Gasteiger partial charge in [-0.15, -0.1) is 0 Å². The average molecular weight is 280 g/mol. The lowest BCUT2D eigenvalue weighted by Crippen LogP contribution is -2.31. The summed E-state index contributed by atoms with van der Waals surface area (Å²) >= 11 is 0. The SMILES string of the molecule is CCCCCCCOCCCC(F)(F)C(=O)OCC. The zero-order chi connectivity index (χ0) is 14.6. The molecule has 0 radical (unpaired) electrons. The molecule has 19 heavy (non-hydrogen) atoms. The van der Waals surface area contributed by atoms with Crippen LogP contribution in [0.2, 0.25) is 0 Å². The van der Waals surface area contributed by atoms with Crippen molar-refractivity contribution in [3.63, 3.8) is 0 Å².